The fraction of sp³-hybridized carbons (Fsp3) is 0.435. The van der Waals surface area contributed by atoms with Crippen LogP contribution in [0.15, 0.2) is 24.5 Å². The fourth-order valence-corrected chi connectivity index (χ4v) is 4.51. The highest BCUT2D eigenvalue weighted by Gasteiger charge is 2.25. The van der Waals surface area contributed by atoms with Crippen molar-refractivity contribution in [2.45, 2.75) is 59.2 Å². The summed E-state index contributed by atoms with van der Waals surface area (Å²) in [5.41, 5.74) is 7.91. The van der Waals surface area contributed by atoms with Crippen molar-refractivity contribution in [3.63, 3.8) is 0 Å². The number of amides is 1. The van der Waals surface area contributed by atoms with Crippen LogP contribution >= 0.6 is 0 Å². The van der Waals surface area contributed by atoms with E-state index in [9.17, 15) is 4.79 Å². The maximum absolute atomic E-state index is 13.0. The number of fused-ring (bicyclic) bond motifs is 6. The van der Waals surface area contributed by atoms with Crippen molar-refractivity contribution in [1.82, 2.24) is 34.7 Å². The summed E-state index contributed by atoms with van der Waals surface area (Å²) in [6, 6.07) is 2.19. The largest absolute Gasteiger partial charge is 0.334 e. The van der Waals surface area contributed by atoms with Gasteiger partial charge in [-0.2, -0.15) is 20.4 Å². The zero-order chi connectivity index (χ0) is 21.7. The lowest BCUT2D eigenvalue weighted by atomic mass is 10.0. The Labute approximate surface area is 181 Å². The molecule has 4 heterocycles. The van der Waals surface area contributed by atoms with Crippen LogP contribution in [0.4, 0.5) is 0 Å². The molecule has 0 saturated carbocycles. The summed E-state index contributed by atoms with van der Waals surface area (Å²) in [5.74, 6) is 0.134. The summed E-state index contributed by atoms with van der Waals surface area (Å²) in [7, 11) is 1.90. The molecule has 3 aromatic heterocycles. The van der Waals surface area contributed by atoms with E-state index in [1.54, 1.807) is 4.68 Å². The van der Waals surface area contributed by atoms with E-state index in [4.69, 9.17) is 5.10 Å². The zero-order valence-electron chi connectivity index (χ0n) is 18.5. The van der Waals surface area contributed by atoms with E-state index in [1.165, 1.54) is 0 Å². The van der Waals surface area contributed by atoms with Crippen molar-refractivity contribution in [2.75, 3.05) is 0 Å². The van der Waals surface area contributed by atoms with Crippen LogP contribution in [0, 0.1) is 6.92 Å². The van der Waals surface area contributed by atoms with E-state index in [2.05, 4.69) is 33.6 Å². The Balaban J connectivity index is 1.67. The zero-order valence-corrected chi connectivity index (χ0v) is 18.5. The molecule has 4 bridgehead atoms. The highest BCUT2D eigenvalue weighted by molar-refractivity contribution is 5.86. The highest BCUT2D eigenvalue weighted by atomic mass is 16.2. The molecule has 0 radical (unpaired) electrons. The van der Waals surface area contributed by atoms with Gasteiger partial charge in [0.15, 0.2) is 0 Å². The molecule has 3 aromatic rings. The number of nitrogens with zero attached hydrogens (tertiary/aromatic N) is 7. The predicted octanol–water partition coefficient (Wildman–Crippen LogP) is 2.90. The lowest BCUT2D eigenvalue weighted by Gasteiger charge is -2.26. The molecule has 160 valence electrons. The second kappa shape index (κ2) is 7.44. The van der Waals surface area contributed by atoms with Crippen LogP contribution in [0.3, 0.4) is 0 Å². The van der Waals surface area contributed by atoms with Gasteiger partial charge in [-0.05, 0) is 38.8 Å². The number of rotatable bonds is 1. The second-order valence-corrected chi connectivity index (χ2v) is 8.69. The molecule has 1 aliphatic carbocycles. The Morgan fingerprint density at radius 2 is 1.87 bits per heavy atom. The second-order valence-electron chi connectivity index (χ2n) is 8.69. The normalized spacial score (nSPS) is 16.2. The molecule has 0 atom stereocenters. The third-order valence-electron chi connectivity index (χ3n) is 6.12. The van der Waals surface area contributed by atoms with Crippen LogP contribution in [-0.2, 0) is 31.4 Å². The number of aromatic nitrogens is 6. The van der Waals surface area contributed by atoms with Crippen molar-refractivity contribution in [1.29, 1.82) is 0 Å². The Bertz CT molecular complexity index is 1200. The number of allylic oxidation sites excluding steroid dienone is 1. The van der Waals surface area contributed by atoms with Gasteiger partial charge in [0.1, 0.15) is 0 Å². The quantitative estimate of drug-likeness (QED) is 0.608. The number of aryl methyl sites for hydroxylation is 3. The first-order valence-electron chi connectivity index (χ1n) is 10.8. The molecule has 0 aromatic carbocycles. The van der Waals surface area contributed by atoms with Crippen LogP contribution in [0.25, 0.3) is 16.8 Å². The molecule has 0 saturated heterocycles. The minimum absolute atomic E-state index is 0.0808. The van der Waals surface area contributed by atoms with Gasteiger partial charge in [0, 0.05) is 61.6 Å². The molecule has 0 fully saturated rings. The number of hydrogen-bond donors (Lipinski definition) is 0. The first-order chi connectivity index (χ1) is 14.9. The van der Waals surface area contributed by atoms with Crippen molar-refractivity contribution in [2.24, 2.45) is 7.05 Å². The minimum atomic E-state index is 0.0808. The van der Waals surface area contributed by atoms with Crippen molar-refractivity contribution < 1.29 is 4.79 Å². The molecular weight excluding hydrogens is 390 g/mol. The molecule has 2 aliphatic rings. The van der Waals surface area contributed by atoms with Crippen LogP contribution in [0.1, 0.15) is 54.9 Å². The number of carbonyl (C=O) groups excluding carboxylic acids is 1. The standard InChI is InChI=1S/C23H27N7O/c1-14(2)30-13-22-19(11-28(4)27-22)21-10-17-16(7-8-20(17)24-25-21)18-12-29(26-15(18)3)9-5-6-23(30)31/h7,10-12,14H,5-6,8-9,13H2,1-4H3. The predicted molar refractivity (Wildman–Crippen MR) is 117 cm³/mol. The molecule has 0 N–H and O–H groups in total. The summed E-state index contributed by atoms with van der Waals surface area (Å²) in [6.07, 6.45) is 8.28. The van der Waals surface area contributed by atoms with Crippen LogP contribution in [0.2, 0.25) is 0 Å². The summed E-state index contributed by atoms with van der Waals surface area (Å²) in [6.45, 7) is 7.30. The third kappa shape index (κ3) is 3.45. The number of carbonyl (C=O) groups is 1. The van der Waals surface area contributed by atoms with E-state index in [0.29, 0.717) is 19.5 Å². The topological polar surface area (TPSA) is 81.7 Å². The van der Waals surface area contributed by atoms with Crippen LogP contribution < -0.4 is 0 Å². The van der Waals surface area contributed by atoms with Gasteiger partial charge < -0.3 is 4.90 Å². The SMILES string of the molecule is Cc1nn2cc1C1=CCc3nnc(cc31)-c1cn(C)nc1CN(C(C)C)C(=O)CCC2. The van der Waals surface area contributed by atoms with E-state index in [-0.39, 0.29) is 11.9 Å². The summed E-state index contributed by atoms with van der Waals surface area (Å²) >= 11 is 0. The van der Waals surface area contributed by atoms with Gasteiger partial charge in [0.25, 0.3) is 0 Å². The summed E-state index contributed by atoms with van der Waals surface area (Å²) in [4.78, 5) is 14.9. The van der Waals surface area contributed by atoms with Crippen LogP contribution in [0.5, 0.6) is 0 Å². The molecular formula is C23H27N7O. The maximum atomic E-state index is 13.0. The monoisotopic (exact) mass is 417 g/mol. The van der Waals surface area contributed by atoms with E-state index >= 15 is 0 Å². The molecule has 8 heteroatoms. The maximum Gasteiger partial charge on any atom is 0.223 e. The third-order valence-corrected chi connectivity index (χ3v) is 6.12. The van der Waals surface area contributed by atoms with Gasteiger partial charge in [0.2, 0.25) is 5.91 Å². The Morgan fingerprint density at radius 1 is 1.03 bits per heavy atom. The first-order valence-corrected chi connectivity index (χ1v) is 10.8. The highest BCUT2D eigenvalue weighted by Crippen LogP contribution is 2.35. The molecule has 1 amide bonds. The molecule has 1 aliphatic heterocycles. The van der Waals surface area contributed by atoms with Gasteiger partial charge in [-0.3, -0.25) is 14.2 Å². The Morgan fingerprint density at radius 3 is 2.68 bits per heavy atom. The first kappa shape index (κ1) is 19.7. The lowest BCUT2D eigenvalue weighted by molar-refractivity contribution is -0.133. The summed E-state index contributed by atoms with van der Waals surface area (Å²) in [5, 5.41) is 18.4. The van der Waals surface area contributed by atoms with E-state index < -0.39 is 0 Å². The van der Waals surface area contributed by atoms with Crippen molar-refractivity contribution in [3.8, 4) is 11.3 Å². The van der Waals surface area contributed by atoms with E-state index in [1.807, 2.05) is 43.6 Å². The van der Waals surface area contributed by atoms with Gasteiger partial charge in [-0.15, -0.1) is 0 Å². The smallest absolute Gasteiger partial charge is 0.223 e. The van der Waals surface area contributed by atoms with Gasteiger partial charge in [-0.1, -0.05) is 6.08 Å². The van der Waals surface area contributed by atoms with Gasteiger partial charge in [-0.25, -0.2) is 0 Å². The summed E-state index contributed by atoms with van der Waals surface area (Å²) < 4.78 is 3.75. The minimum Gasteiger partial charge on any atom is -0.334 e. The van der Waals surface area contributed by atoms with E-state index in [0.717, 1.165) is 57.9 Å². The number of hydrogen-bond acceptors (Lipinski definition) is 5. The van der Waals surface area contributed by atoms with Crippen molar-refractivity contribution >= 4 is 11.5 Å². The Kier molecular flexibility index (Phi) is 4.72. The van der Waals surface area contributed by atoms with Crippen molar-refractivity contribution in [3.05, 3.63) is 52.7 Å². The molecule has 8 nitrogen and oxygen atoms in total. The lowest BCUT2D eigenvalue weighted by Crippen LogP contribution is -2.36. The fourth-order valence-electron chi connectivity index (χ4n) is 4.51. The van der Waals surface area contributed by atoms with Gasteiger partial charge in [0.05, 0.1) is 29.3 Å². The molecule has 0 unspecified atom stereocenters. The average Bonchev–Trinajstić information content (AvgIpc) is 3.41. The Hall–Kier alpha value is -3.29. The molecule has 5 rings (SSSR count). The average molecular weight is 418 g/mol. The van der Waals surface area contributed by atoms with Crippen LogP contribution in [-0.4, -0.2) is 46.6 Å². The molecule has 0 spiro atoms. The molecule has 31 heavy (non-hydrogen) atoms. The van der Waals surface area contributed by atoms with Gasteiger partial charge >= 0.3 is 0 Å².